The lowest BCUT2D eigenvalue weighted by Crippen LogP contribution is -2.47. The van der Waals surface area contributed by atoms with Gasteiger partial charge in [-0.2, -0.15) is 10.5 Å². The number of nitrogens with zero attached hydrogens (tertiary/aromatic N) is 3. The third-order valence-corrected chi connectivity index (χ3v) is 6.56. The zero-order chi connectivity index (χ0) is 23.3. The van der Waals surface area contributed by atoms with Crippen molar-refractivity contribution in [3.63, 3.8) is 0 Å². The quantitative estimate of drug-likeness (QED) is 0.535. The van der Waals surface area contributed by atoms with E-state index in [1.54, 1.807) is 31.2 Å². The van der Waals surface area contributed by atoms with E-state index in [-0.39, 0.29) is 22.2 Å². The molecule has 0 atom stereocenters. The van der Waals surface area contributed by atoms with Gasteiger partial charge in [-0.15, -0.1) is 0 Å². The lowest BCUT2D eigenvalue weighted by molar-refractivity contribution is 0.318. The molecule has 32 heavy (non-hydrogen) atoms. The first-order valence-corrected chi connectivity index (χ1v) is 11.0. The summed E-state index contributed by atoms with van der Waals surface area (Å²) in [5.41, 5.74) is 4.12. The molecule has 0 radical (unpaired) electrons. The summed E-state index contributed by atoms with van der Waals surface area (Å²) in [6.45, 7) is 12.5. The fraction of sp³-hybridized carbons (Fsp3) is 0.407. The molecule has 0 amide bonds. The molecule has 1 aromatic carbocycles. The van der Waals surface area contributed by atoms with Gasteiger partial charge in [-0.05, 0) is 66.5 Å². The zero-order valence-corrected chi connectivity index (χ0v) is 19.3. The maximum Gasteiger partial charge on any atom is 0.137 e. The molecular weight excluding hydrogens is 401 g/mol. The van der Waals surface area contributed by atoms with Crippen molar-refractivity contribution in [1.82, 2.24) is 0 Å². The summed E-state index contributed by atoms with van der Waals surface area (Å²) in [6.07, 6.45) is 8.48. The predicted molar refractivity (Wildman–Crippen MR) is 124 cm³/mol. The summed E-state index contributed by atoms with van der Waals surface area (Å²) >= 11 is 0. The van der Waals surface area contributed by atoms with E-state index in [1.807, 2.05) is 18.2 Å². The van der Waals surface area contributed by atoms with E-state index in [9.17, 15) is 10.5 Å². The van der Waals surface area contributed by atoms with Crippen LogP contribution in [0, 0.1) is 33.9 Å². The van der Waals surface area contributed by atoms with E-state index in [4.69, 9.17) is 4.74 Å². The van der Waals surface area contributed by atoms with Crippen LogP contribution >= 0.6 is 0 Å². The van der Waals surface area contributed by atoms with Crippen molar-refractivity contribution in [1.29, 1.82) is 10.5 Å². The number of nitriles is 2. The molecule has 0 N–H and O–H groups in total. The number of hydrogen-bond donors (Lipinski definition) is 0. The first kappa shape index (κ1) is 21.9. The van der Waals surface area contributed by atoms with Crippen LogP contribution in [0.4, 0.5) is 10.1 Å². The van der Waals surface area contributed by atoms with Gasteiger partial charge in [-0.25, -0.2) is 4.39 Å². The third kappa shape index (κ3) is 3.84. The second-order valence-electron chi connectivity index (χ2n) is 10.3. The zero-order valence-electron chi connectivity index (χ0n) is 19.3. The first-order chi connectivity index (χ1) is 15.0. The maximum absolute atomic E-state index is 15.8. The average molecular weight is 430 g/mol. The van der Waals surface area contributed by atoms with Crippen molar-refractivity contribution >= 4 is 11.8 Å². The highest BCUT2D eigenvalue weighted by atomic mass is 19.1. The molecule has 4 nitrogen and oxygen atoms in total. The summed E-state index contributed by atoms with van der Waals surface area (Å²) in [7, 11) is 0. The molecule has 5 heteroatoms. The molecule has 0 saturated heterocycles. The van der Waals surface area contributed by atoms with E-state index in [0.29, 0.717) is 29.1 Å². The molecule has 0 aromatic heterocycles. The second kappa shape index (κ2) is 7.68. The molecule has 0 spiro atoms. The number of allylic oxidation sites excluding steroid dienone is 6. The molecule has 4 rings (SSSR count). The van der Waals surface area contributed by atoms with Crippen molar-refractivity contribution < 1.29 is 9.13 Å². The fourth-order valence-electron chi connectivity index (χ4n) is 4.97. The molecule has 164 valence electrons. The maximum atomic E-state index is 15.8. The van der Waals surface area contributed by atoms with Gasteiger partial charge in [-0.3, -0.25) is 0 Å². The highest BCUT2D eigenvalue weighted by Crippen LogP contribution is 2.48. The van der Waals surface area contributed by atoms with Gasteiger partial charge in [0.25, 0.3) is 0 Å². The largest absolute Gasteiger partial charge is 0.462 e. The summed E-state index contributed by atoms with van der Waals surface area (Å²) in [4.78, 5) is 2.36. The van der Waals surface area contributed by atoms with Gasteiger partial charge < -0.3 is 9.64 Å². The van der Waals surface area contributed by atoms with E-state index in [2.05, 4.69) is 32.6 Å². The number of anilines is 1. The molecule has 3 aliphatic rings. The minimum Gasteiger partial charge on any atom is -0.462 e. The summed E-state index contributed by atoms with van der Waals surface area (Å²) in [6, 6.07) is 5.79. The van der Waals surface area contributed by atoms with E-state index in [0.717, 1.165) is 30.8 Å². The Kier molecular flexibility index (Phi) is 5.25. The van der Waals surface area contributed by atoms with E-state index >= 15 is 4.39 Å². The van der Waals surface area contributed by atoms with Crippen LogP contribution in [0.3, 0.4) is 0 Å². The van der Waals surface area contributed by atoms with Crippen LogP contribution < -0.4 is 4.90 Å². The smallest absolute Gasteiger partial charge is 0.137 e. The fourth-order valence-corrected chi connectivity index (χ4v) is 4.97. The number of halogens is 1. The standard InChI is InChI=1S/C27H28FN3O/c1-17-10-19(20(14-29)15-30)11-21(32-17)7-6-18-12-23-25-22(24(18)28)13-26(2,3)16-31(25)9-8-27(23,4)5/h6-7,10-12H,8-9,13,16H2,1-5H3/b7-6+. The van der Waals surface area contributed by atoms with Crippen LogP contribution in [0.25, 0.3) is 6.08 Å². The molecule has 1 aromatic rings. The first-order valence-electron chi connectivity index (χ1n) is 11.0. The number of benzene rings is 1. The Morgan fingerprint density at radius 3 is 2.56 bits per heavy atom. The van der Waals surface area contributed by atoms with Crippen molar-refractivity contribution in [2.75, 3.05) is 18.0 Å². The summed E-state index contributed by atoms with van der Waals surface area (Å²) in [5, 5.41) is 18.4. The molecule has 0 fully saturated rings. The molecule has 0 aliphatic carbocycles. The van der Waals surface area contributed by atoms with Gasteiger partial charge in [0.2, 0.25) is 0 Å². The second-order valence-corrected chi connectivity index (χ2v) is 10.3. The lowest BCUT2D eigenvalue weighted by Gasteiger charge is -2.48. The summed E-state index contributed by atoms with van der Waals surface area (Å²) < 4.78 is 21.5. The number of ether oxygens (including phenoxy) is 1. The third-order valence-electron chi connectivity index (χ3n) is 6.56. The Balaban J connectivity index is 1.80. The van der Waals surface area contributed by atoms with Gasteiger partial charge in [0.1, 0.15) is 35.0 Å². The van der Waals surface area contributed by atoms with Gasteiger partial charge >= 0.3 is 0 Å². The highest BCUT2D eigenvalue weighted by Gasteiger charge is 2.40. The Bertz CT molecular complexity index is 1180. The normalized spacial score (nSPS) is 20.5. The Morgan fingerprint density at radius 2 is 1.88 bits per heavy atom. The van der Waals surface area contributed by atoms with Crippen LogP contribution in [0.2, 0.25) is 0 Å². The van der Waals surface area contributed by atoms with Crippen molar-refractivity contribution in [3.05, 3.63) is 69.5 Å². The highest BCUT2D eigenvalue weighted by molar-refractivity contribution is 5.71. The lowest BCUT2D eigenvalue weighted by atomic mass is 9.71. The van der Waals surface area contributed by atoms with Gasteiger partial charge in [0, 0.05) is 35.5 Å². The molecular formula is C27H28FN3O. The minimum absolute atomic E-state index is 0.0104. The molecule has 0 saturated carbocycles. The molecule has 0 unspecified atom stereocenters. The van der Waals surface area contributed by atoms with E-state index in [1.165, 1.54) is 5.56 Å². The van der Waals surface area contributed by atoms with Crippen molar-refractivity contribution in [2.24, 2.45) is 5.41 Å². The van der Waals surface area contributed by atoms with Crippen LogP contribution in [-0.2, 0) is 16.6 Å². The predicted octanol–water partition coefficient (Wildman–Crippen LogP) is 6.07. The Hall–Kier alpha value is -3.31. The molecule has 0 bridgehead atoms. The van der Waals surface area contributed by atoms with E-state index < -0.39 is 0 Å². The molecule has 3 aliphatic heterocycles. The summed E-state index contributed by atoms with van der Waals surface area (Å²) in [5.74, 6) is 0.865. The Morgan fingerprint density at radius 1 is 1.16 bits per heavy atom. The van der Waals surface area contributed by atoms with Crippen LogP contribution in [0.1, 0.15) is 57.7 Å². The number of hydrogen-bond acceptors (Lipinski definition) is 4. The van der Waals surface area contributed by atoms with Crippen molar-refractivity contribution in [2.45, 2.75) is 52.9 Å². The average Bonchev–Trinajstić information content (AvgIpc) is 2.71. The molecule has 3 heterocycles. The van der Waals surface area contributed by atoms with Crippen molar-refractivity contribution in [3.8, 4) is 12.1 Å². The van der Waals surface area contributed by atoms with Gasteiger partial charge in [-0.1, -0.05) is 27.7 Å². The van der Waals surface area contributed by atoms with Gasteiger partial charge in [0.15, 0.2) is 0 Å². The SMILES string of the molecule is CC1=CC(=C(C#N)C#N)C=C(/C=C/c2cc3c4c(c2F)CC(C)(C)CN4CCC3(C)C)O1. The monoisotopic (exact) mass is 429 g/mol. The minimum atomic E-state index is -0.176. The van der Waals surface area contributed by atoms with Crippen LogP contribution in [0.5, 0.6) is 0 Å². The Labute approximate surface area is 189 Å². The van der Waals surface area contributed by atoms with Crippen LogP contribution in [0.15, 0.2) is 47.0 Å². The topological polar surface area (TPSA) is 60.0 Å². The van der Waals surface area contributed by atoms with Crippen LogP contribution in [-0.4, -0.2) is 13.1 Å². The van der Waals surface area contributed by atoms with Gasteiger partial charge in [0.05, 0.1) is 0 Å². The number of rotatable bonds is 2.